The van der Waals surface area contributed by atoms with Gasteiger partial charge in [0.1, 0.15) is 24.7 Å². The SMILES string of the molecule is CCOC(=O)CN(C(=O)COC(=O)c1ccc(OCc2ccccc2)cc1)c1ccc(F)cc1. The Labute approximate surface area is 196 Å². The Morgan fingerprint density at radius 1 is 0.853 bits per heavy atom. The highest BCUT2D eigenvalue weighted by molar-refractivity contribution is 6.00. The maximum atomic E-state index is 13.3. The largest absolute Gasteiger partial charge is 0.489 e. The van der Waals surface area contributed by atoms with Crippen molar-refractivity contribution in [1.82, 2.24) is 0 Å². The zero-order valence-corrected chi connectivity index (χ0v) is 18.6. The van der Waals surface area contributed by atoms with E-state index >= 15 is 0 Å². The van der Waals surface area contributed by atoms with Gasteiger partial charge in [-0.05, 0) is 61.0 Å². The van der Waals surface area contributed by atoms with E-state index in [0.29, 0.717) is 12.4 Å². The molecule has 0 bridgehead atoms. The summed E-state index contributed by atoms with van der Waals surface area (Å²) in [7, 11) is 0. The van der Waals surface area contributed by atoms with Crippen LogP contribution in [0.5, 0.6) is 5.75 Å². The molecule has 0 saturated heterocycles. The molecule has 176 valence electrons. The number of nitrogens with zero attached hydrogens (tertiary/aromatic N) is 1. The number of hydrogen-bond acceptors (Lipinski definition) is 6. The molecule has 0 atom stereocenters. The minimum Gasteiger partial charge on any atom is -0.489 e. The molecular formula is C26H24FNO6. The maximum Gasteiger partial charge on any atom is 0.338 e. The Hall–Kier alpha value is -4.20. The molecule has 0 aliphatic carbocycles. The van der Waals surface area contributed by atoms with Gasteiger partial charge in [0, 0.05) is 5.69 Å². The molecule has 1 amide bonds. The first-order chi connectivity index (χ1) is 16.5. The van der Waals surface area contributed by atoms with E-state index in [-0.39, 0.29) is 17.9 Å². The van der Waals surface area contributed by atoms with Crippen molar-refractivity contribution in [2.45, 2.75) is 13.5 Å². The standard InChI is InChI=1S/C26H24FNO6/c1-2-32-25(30)16-28(22-12-10-21(27)11-13-22)24(29)18-34-26(31)20-8-14-23(15-9-20)33-17-19-6-4-3-5-7-19/h3-15H,2,16-18H2,1H3. The van der Waals surface area contributed by atoms with Crippen molar-refractivity contribution in [2.75, 3.05) is 24.7 Å². The van der Waals surface area contributed by atoms with E-state index < -0.39 is 36.8 Å². The molecule has 0 fully saturated rings. The van der Waals surface area contributed by atoms with Crippen LogP contribution in [0.2, 0.25) is 0 Å². The van der Waals surface area contributed by atoms with Crippen molar-refractivity contribution in [3.05, 3.63) is 95.8 Å². The third-order valence-corrected chi connectivity index (χ3v) is 4.70. The van der Waals surface area contributed by atoms with Crippen LogP contribution in [0, 0.1) is 5.82 Å². The Morgan fingerprint density at radius 2 is 1.53 bits per heavy atom. The molecule has 7 nitrogen and oxygen atoms in total. The van der Waals surface area contributed by atoms with Crippen LogP contribution in [0.4, 0.5) is 10.1 Å². The molecule has 0 heterocycles. The van der Waals surface area contributed by atoms with Gasteiger partial charge in [0.05, 0.1) is 12.2 Å². The minimum atomic E-state index is -0.710. The summed E-state index contributed by atoms with van der Waals surface area (Å²) in [6, 6.07) is 21.0. The van der Waals surface area contributed by atoms with Gasteiger partial charge >= 0.3 is 11.9 Å². The van der Waals surface area contributed by atoms with Crippen LogP contribution < -0.4 is 9.64 Å². The lowest BCUT2D eigenvalue weighted by Gasteiger charge is -2.21. The summed E-state index contributed by atoms with van der Waals surface area (Å²) in [6.45, 7) is 1.16. The fraction of sp³-hybridized carbons (Fsp3) is 0.192. The number of ether oxygens (including phenoxy) is 3. The van der Waals surface area contributed by atoms with Crippen molar-refractivity contribution < 1.29 is 33.0 Å². The molecule has 3 aromatic rings. The molecule has 0 saturated carbocycles. The fourth-order valence-electron chi connectivity index (χ4n) is 3.00. The molecule has 0 N–H and O–H groups in total. The van der Waals surface area contributed by atoms with Gasteiger partial charge in [0.15, 0.2) is 6.61 Å². The fourth-order valence-corrected chi connectivity index (χ4v) is 3.00. The molecule has 0 aliphatic rings. The zero-order chi connectivity index (χ0) is 24.3. The van der Waals surface area contributed by atoms with Crippen LogP contribution in [0.1, 0.15) is 22.8 Å². The number of carbonyl (C=O) groups is 3. The monoisotopic (exact) mass is 465 g/mol. The number of anilines is 1. The van der Waals surface area contributed by atoms with E-state index in [4.69, 9.17) is 14.2 Å². The molecule has 0 unspecified atom stereocenters. The van der Waals surface area contributed by atoms with Crippen LogP contribution in [0.15, 0.2) is 78.9 Å². The van der Waals surface area contributed by atoms with Crippen LogP contribution in [-0.2, 0) is 25.7 Å². The maximum absolute atomic E-state index is 13.3. The Bertz CT molecular complexity index is 1100. The van der Waals surface area contributed by atoms with Gasteiger partial charge in [-0.3, -0.25) is 14.5 Å². The number of rotatable bonds is 10. The molecule has 3 aromatic carbocycles. The third kappa shape index (κ3) is 7.16. The normalized spacial score (nSPS) is 10.3. The number of amides is 1. The highest BCUT2D eigenvalue weighted by atomic mass is 19.1. The summed E-state index contributed by atoms with van der Waals surface area (Å²) >= 11 is 0. The van der Waals surface area contributed by atoms with Gasteiger partial charge in [-0.2, -0.15) is 0 Å². The van der Waals surface area contributed by atoms with Crippen LogP contribution >= 0.6 is 0 Å². The average Bonchev–Trinajstić information content (AvgIpc) is 2.86. The van der Waals surface area contributed by atoms with Gasteiger partial charge < -0.3 is 14.2 Å². The lowest BCUT2D eigenvalue weighted by molar-refractivity contribution is -0.142. The summed E-state index contributed by atoms with van der Waals surface area (Å²) in [4.78, 5) is 38.1. The summed E-state index contributed by atoms with van der Waals surface area (Å²) in [5, 5.41) is 0. The molecule has 0 aliphatic heterocycles. The third-order valence-electron chi connectivity index (χ3n) is 4.70. The highest BCUT2D eigenvalue weighted by Crippen LogP contribution is 2.17. The quantitative estimate of drug-likeness (QED) is 0.418. The number of esters is 2. The van der Waals surface area contributed by atoms with Crippen molar-refractivity contribution in [3.8, 4) is 5.75 Å². The molecule has 0 aromatic heterocycles. The summed E-state index contributed by atoms with van der Waals surface area (Å²) in [5.74, 6) is -1.92. The lowest BCUT2D eigenvalue weighted by Crippen LogP contribution is -2.39. The minimum absolute atomic E-state index is 0.143. The lowest BCUT2D eigenvalue weighted by atomic mass is 10.2. The topological polar surface area (TPSA) is 82.1 Å². The Morgan fingerprint density at radius 3 is 2.18 bits per heavy atom. The van der Waals surface area contributed by atoms with Crippen molar-refractivity contribution in [3.63, 3.8) is 0 Å². The van der Waals surface area contributed by atoms with Crippen LogP contribution in [0.3, 0.4) is 0 Å². The van der Waals surface area contributed by atoms with Gasteiger partial charge in [-0.1, -0.05) is 30.3 Å². The van der Waals surface area contributed by atoms with Crippen molar-refractivity contribution >= 4 is 23.5 Å². The van der Waals surface area contributed by atoms with Crippen molar-refractivity contribution in [1.29, 1.82) is 0 Å². The summed E-state index contributed by atoms with van der Waals surface area (Å²) in [5.41, 5.74) is 1.52. The second-order valence-electron chi connectivity index (χ2n) is 7.14. The first kappa shape index (κ1) is 24.4. The van der Waals surface area contributed by atoms with E-state index in [2.05, 4.69) is 0 Å². The molecule has 0 radical (unpaired) electrons. The van der Waals surface area contributed by atoms with Crippen LogP contribution in [-0.4, -0.2) is 37.6 Å². The molecule has 0 spiro atoms. The smallest absolute Gasteiger partial charge is 0.338 e. The number of halogens is 1. The van der Waals surface area contributed by atoms with Gasteiger partial charge in [-0.15, -0.1) is 0 Å². The van der Waals surface area contributed by atoms with E-state index in [1.165, 1.54) is 24.3 Å². The Balaban J connectivity index is 1.58. The first-order valence-electron chi connectivity index (χ1n) is 10.6. The van der Waals surface area contributed by atoms with E-state index in [1.54, 1.807) is 19.1 Å². The zero-order valence-electron chi connectivity index (χ0n) is 18.6. The van der Waals surface area contributed by atoms with Crippen molar-refractivity contribution in [2.24, 2.45) is 0 Å². The second-order valence-corrected chi connectivity index (χ2v) is 7.14. The number of benzene rings is 3. The van der Waals surface area contributed by atoms with Gasteiger partial charge in [-0.25, -0.2) is 9.18 Å². The van der Waals surface area contributed by atoms with E-state index in [9.17, 15) is 18.8 Å². The summed E-state index contributed by atoms with van der Waals surface area (Å²) < 4.78 is 29.0. The second kappa shape index (κ2) is 12.2. The molecule has 8 heteroatoms. The molecule has 34 heavy (non-hydrogen) atoms. The van der Waals surface area contributed by atoms with E-state index in [1.807, 2.05) is 30.3 Å². The van der Waals surface area contributed by atoms with E-state index in [0.717, 1.165) is 22.6 Å². The van der Waals surface area contributed by atoms with Gasteiger partial charge in [0.2, 0.25) is 0 Å². The predicted molar refractivity (Wildman–Crippen MR) is 123 cm³/mol. The van der Waals surface area contributed by atoms with Crippen LogP contribution in [0.25, 0.3) is 0 Å². The predicted octanol–water partition coefficient (Wildman–Crippen LogP) is 4.16. The highest BCUT2D eigenvalue weighted by Gasteiger charge is 2.22. The number of hydrogen-bond donors (Lipinski definition) is 0. The van der Waals surface area contributed by atoms with Gasteiger partial charge in [0.25, 0.3) is 5.91 Å². The average molecular weight is 465 g/mol. The summed E-state index contributed by atoms with van der Waals surface area (Å²) in [6.07, 6.45) is 0. The molecular weight excluding hydrogens is 441 g/mol. The number of carbonyl (C=O) groups excluding carboxylic acids is 3. The molecule has 3 rings (SSSR count). The first-order valence-corrected chi connectivity index (χ1v) is 10.6. The Kier molecular flexibility index (Phi) is 8.73.